The zero-order valence-electron chi connectivity index (χ0n) is 10.8. The molecule has 0 saturated carbocycles. The van der Waals surface area contributed by atoms with Crippen molar-refractivity contribution in [1.29, 1.82) is 0 Å². The summed E-state index contributed by atoms with van der Waals surface area (Å²) < 4.78 is 1.04. The maximum Gasteiger partial charge on any atom is 0.0722 e. The Kier molecular flexibility index (Phi) is 3.79. The van der Waals surface area contributed by atoms with Crippen molar-refractivity contribution in [2.24, 2.45) is 0 Å². The van der Waals surface area contributed by atoms with Gasteiger partial charge in [-0.15, -0.1) is 0 Å². The van der Waals surface area contributed by atoms with E-state index in [9.17, 15) is 0 Å². The molecule has 0 atom stereocenters. The highest BCUT2D eigenvalue weighted by Gasteiger charge is 2.06. The zero-order chi connectivity index (χ0) is 13.8. The Hall–Kier alpha value is -2.13. The molecule has 3 aromatic rings. The first kappa shape index (κ1) is 12.9. The molecular formula is C17H13BrN2. The summed E-state index contributed by atoms with van der Waals surface area (Å²) in [6, 6.07) is 22.2. The quantitative estimate of drug-likeness (QED) is 0.711. The highest BCUT2D eigenvalue weighted by molar-refractivity contribution is 9.10. The number of halogens is 1. The Balaban J connectivity index is 2.01. The number of rotatable bonds is 3. The molecule has 0 bridgehead atoms. The summed E-state index contributed by atoms with van der Waals surface area (Å²) in [6.07, 6.45) is 1.81. The molecule has 0 fully saturated rings. The SMILES string of the molecule is Brc1ccccc1Nc1ccccc1-c1ccccn1. The van der Waals surface area contributed by atoms with E-state index in [1.807, 2.05) is 60.8 Å². The molecule has 20 heavy (non-hydrogen) atoms. The highest BCUT2D eigenvalue weighted by Crippen LogP contribution is 2.31. The average Bonchev–Trinajstić information content (AvgIpc) is 2.51. The molecule has 98 valence electrons. The summed E-state index contributed by atoms with van der Waals surface area (Å²) in [7, 11) is 0. The van der Waals surface area contributed by atoms with Crippen molar-refractivity contribution in [3.63, 3.8) is 0 Å². The van der Waals surface area contributed by atoms with Crippen molar-refractivity contribution < 1.29 is 0 Å². The molecule has 0 spiro atoms. The van der Waals surface area contributed by atoms with Crippen LogP contribution in [0, 0.1) is 0 Å². The summed E-state index contributed by atoms with van der Waals surface area (Å²) in [4.78, 5) is 4.42. The summed E-state index contributed by atoms with van der Waals surface area (Å²) in [5.74, 6) is 0. The van der Waals surface area contributed by atoms with Crippen LogP contribution in [0.3, 0.4) is 0 Å². The predicted molar refractivity (Wildman–Crippen MR) is 87.1 cm³/mol. The Morgan fingerprint density at radius 2 is 1.45 bits per heavy atom. The maximum atomic E-state index is 4.42. The number of hydrogen-bond acceptors (Lipinski definition) is 2. The average molecular weight is 325 g/mol. The monoisotopic (exact) mass is 324 g/mol. The second-order valence-electron chi connectivity index (χ2n) is 4.37. The predicted octanol–water partition coefficient (Wildman–Crippen LogP) is 5.25. The molecule has 1 N–H and O–H groups in total. The number of benzene rings is 2. The Morgan fingerprint density at radius 1 is 0.750 bits per heavy atom. The molecule has 0 saturated heterocycles. The van der Waals surface area contributed by atoms with E-state index in [0.717, 1.165) is 27.1 Å². The molecule has 1 aromatic heterocycles. The summed E-state index contributed by atoms with van der Waals surface area (Å²) in [6.45, 7) is 0. The molecule has 0 aliphatic heterocycles. The van der Waals surface area contributed by atoms with E-state index in [1.165, 1.54) is 0 Å². The lowest BCUT2D eigenvalue weighted by atomic mass is 10.1. The first-order chi connectivity index (χ1) is 9.84. The van der Waals surface area contributed by atoms with E-state index < -0.39 is 0 Å². The third kappa shape index (κ3) is 2.73. The van der Waals surface area contributed by atoms with E-state index in [4.69, 9.17) is 0 Å². The van der Waals surface area contributed by atoms with Crippen molar-refractivity contribution in [2.45, 2.75) is 0 Å². The molecule has 3 heteroatoms. The van der Waals surface area contributed by atoms with E-state index >= 15 is 0 Å². The summed E-state index contributed by atoms with van der Waals surface area (Å²) >= 11 is 3.56. The number of pyridine rings is 1. The van der Waals surface area contributed by atoms with E-state index in [1.54, 1.807) is 0 Å². The Bertz CT molecular complexity index is 711. The third-order valence-electron chi connectivity index (χ3n) is 3.01. The molecular weight excluding hydrogens is 312 g/mol. The van der Waals surface area contributed by atoms with Gasteiger partial charge >= 0.3 is 0 Å². The van der Waals surface area contributed by atoms with Gasteiger partial charge in [-0.3, -0.25) is 4.98 Å². The molecule has 1 heterocycles. The van der Waals surface area contributed by atoms with Crippen molar-refractivity contribution >= 4 is 27.3 Å². The zero-order valence-corrected chi connectivity index (χ0v) is 12.3. The second kappa shape index (κ2) is 5.88. The lowest BCUT2D eigenvalue weighted by molar-refractivity contribution is 1.32. The van der Waals surface area contributed by atoms with E-state index in [-0.39, 0.29) is 0 Å². The van der Waals surface area contributed by atoms with Crippen LogP contribution >= 0.6 is 15.9 Å². The van der Waals surface area contributed by atoms with Gasteiger partial charge in [0.15, 0.2) is 0 Å². The summed E-state index contributed by atoms with van der Waals surface area (Å²) in [5.41, 5.74) is 4.13. The number of para-hydroxylation sites is 2. The number of anilines is 2. The van der Waals surface area contributed by atoms with E-state index in [0.29, 0.717) is 0 Å². The van der Waals surface area contributed by atoms with Crippen LogP contribution in [0.4, 0.5) is 11.4 Å². The Labute approximate surface area is 126 Å². The van der Waals surface area contributed by atoms with Crippen LogP contribution in [0.5, 0.6) is 0 Å². The van der Waals surface area contributed by atoms with Crippen molar-refractivity contribution in [3.05, 3.63) is 77.4 Å². The van der Waals surface area contributed by atoms with Gasteiger partial charge in [-0.05, 0) is 46.3 Å². The van der Waals surface area contributed by atoms with Crippen LogP contribution in [-0.4, -0.2) is 4.98 Å². The minimum atomic E-state index is 0.961. The number of aromatic nitrogens is 1. The minimum absolute atomic E-state index is 0.961. The maximum absolute atomic E-state index is 4.42. The van der Waals surface area contributed by atoms with Gasteiger partial charge in [0.25, 0.3) is 0 Å². The van der Waals surface area contributed by atoms with Gasteiger partial charge in [0.05, 0.1) is 11.4 Å². The van der Waals surface area contributed by atoms with Crippen LogP contribution in [0.25, 0.3) is 11.3 Å². The molecule has 0 radical (unpaired) electrons. The summed E-state index contributed by atoms with van der Waals surface area (Å²) in [5, 5.41) is 3.45. The molecule has 0 amide bonds. The standard InChI is InChI=1S/C17H13BrN2/c18-14-8-2-4-11-17(14)20-16-10-3-1-7-13(16)15-9-5-6-12-19-15/h1-12,20H. The number of hydrogen-bond donors (Lipinski definition) is 1. The van der Waals surface area contributed by atoms with Crippen molar-refractivity contribution in [2.75, 3.05) is 5.32 Å². The topological polar surface area (TPSA) is 24.9 Å². The van der Waals surface area contributed by atoms with Crippen LogP contribution in [0.1, 0.15) is 0 Å². The van der Waals surface area contributed by atoms with Crippen LogP contribution in [0.2, 0.25) is 0 Å². The smallest absolute Gasteiger partial charge is 0.0722 e. The molecule has 2 nitrogen and oxygen atoms in total. The molecule has 0 aliphatic rings. The highest BCUT2D eigenvalue weighted by atomic mass is 79.9. The van der Waals surface area contributed by atoms with Crippen LogP contribution in [0.15, 0.2) is 77.4 Å². The largest absolute Gasteiger partial charge is 0.354 e. The molecule has 2 aromatic carbocycles. The van der Waals surface area contributed by atoms with Gasteiger partial charge in [0.2, 0.25) is 0 Å². The number of nitrogens with one attached hydrogen (secondary N) is 1. The molecule has 3 rings (SSSR count). The third-order valence-corrected chi connectivity index (χ3v) is 3.70. The lowest BCUT2D eigenvalue weighted by Gasteiger charge is -2.12. The van der Waals surface area contributed by atoms with Crippen molar-refractivity contribution in [1.82, 2.24) is 4.98 Å². The lowest BCUT2D eigenvalue weighted by Crippen LogP contribution is -1.94. The van der Waals surface area contributed by atoms with Gasteiger partial charge in [-0.25, -0.2) is 0 Å². The van der Waals surface area contributed by atoms with Gasteiger partial charge < -0.3 is 5.32 Å². The van der Waals surface area contributed by atoms with Gasteiger partial charge in [-0.2, -0.15) is 0 Å². The van der Waals surface area contributed by atoms with E-state index in [2.05, 4.69) is 38.4 Å². The minimum Gasteiger partial charge on any atom is -0.354 e. The normalized spacial score (nSPS) is 10.2. The Morgan fingerprint density at radius 3 is 2.20 bits per heavy atom. The van der Waals surface area contributed by atoms with Gasteiger partial charge in [-0.1, -0.05) is 36.4 Å². The number of nitrogens with zero attached hydrogens (tertiary/aromatic N) is 1. The fourth-order valence-electron chi connectivity index (χ4n) is 2.05. The molecule has 0 aliphatic carbocycles. The fourth-order valence-corrected chi connectivity index (χ4v) is 2.43. The fraction of sp³-hybridized carbons (Fsp3) is 0. The van der Waals surface area contributed by atoms with Crippen molar-refractivity contribution in [3.8, 4) is 11.3 Å². The molecule has 0 unspecified atom stereocenters. The van der Waals surface area contributed by atoms with Gasteiger partial charge in [0.1, 0.15) is 0 Å². The van der Waals surface area contributed by atoms with Crippen LogP contribution < -0.4 is 5.32 Å². The second-order valence-corrected chi connectivity index (χ2v) is 5.22. The van der Waals surface area contributed by atoms with Crippen LogP contribution in [-0.2, 0) is 0 Å². The first-order valence-corrected chi connectivity index (χ1v) is 7.16. The first-order valence-electron chi connectivity index (χ1n) is 6.36. The van der Waals surface area contributed by atoms with Gasteiger partial charge in [0, 0.05) is 21.9 Å².